The Balaban J connectivity index is 1.66. The highest BCUT2D eigenvalue weighted by atomic mass is 32.1. The minimum Gasteiger partial charge on any atom is -0.319 e. The van der Waals surface area contributed by atoms with E-state index in [-0.39, 0.29) is 5.82 Å². The zero-order chi connectivity index (χ0) is 20.9. The summed E-state index contributed by atoms with van der Waals surface area (Å²) in [4.78, 5) is 10.5. The number of benzene rings is 3. The van der Waals surface area contributed by atoms with E-state index >= 15 is 0 Å². The molecule has 0 saturated heterocycles. The molecule has 0 bridgehead atoms. The molecule has 3 nitrogen and oxygen atoms in total. The quantitative estimate of drug-likeness (QED) is 0.308. The first-order chi connectivity index (χ1) is 15.2. The Labute approximate surface area is 182 Å². The lowest BCUT2D eigenvalue weighted by Gasteiger charge is -2.11. The monoisotopic (exact) mass is 423 g/mol. The van der Waals surface area contributed by atoms with Crippen LogP contribution in [0.4, 0.5) is 4.39 Å². The number of aromatic nitrogens is 3. The number of nitrogens with zero attached hydrogens (tertiary/aromatic N) is 3. The summed E-state index contributed by atoms with van der Waals surface area (Å²) >= 11 is 1.53. The van der Waals surface area contributed by atoms with Crippen LogP contribution in [0.1, 0.15) is 11.3 Å². The molecule has 0 unspecified atom stereocenters. The molecule has 5 heteroatoms. The van der Waals surface area contributed by atoms with Crippen LogP contribution in [-0.4, -0.2) is 14.5 Å². The molecule has 0 atom stereocenters. The average molecular weight is 424 g/mol. The van der Waals surface area contributed by atoms with Crippen molar-refractivity contribution in [3.63, 3.8) is 0 Å². The van der Waals surface area contributed by atoms with E-state index in [1.807, 2.05) is 61.5 Å². The molecule has 3 heterocycles. The fourth-order valence-electron chi connectivity index (χ4n) is 4.20. The molecule has 0 aliphatic carbocycles. The topological polar surface area (TPSA) is 30.7 Å². The second-order valence-electron chi connectivity index (χ2n) is 7.70. The number of thiophene rings is 1. The summed E-state index contributed by atoms with van der Waals surface area (Å²) in [5.41, 5.74) is 5.05. The van der Waals surface area contributed by atoms with Gasteiger partial charge in [0.1, 0.15) is 16.5 Å². The van der Waals surface area contributed by atoms with Gasteiger partial charge in [0.15, 0.2) is 0 Å². The fourth-order valence-corrected chi connectivity index (χ4v) is 5.44. The van der Waals surface area contributed by atoms with Gasteiger partial charge in [0, 0.05) is 28.6 Å². The number of rotatable bonds is 3. The fraction of sp³-hybridized carbons (Fsp3) is 0.0769. The third-order valence-electron chi connectivity index (χ3n) is 5.65. The van der Waals surface area contributed by atoms with Crippen LogP contribution < -0.4 is 0 Å². The van der Waals surface area contributed by atoms with E-state index in [9.17, 15) is 4.39 Å². The Morgan fingerprint density at radius 3 is 2.55 bits per heavy atom. The molecule has 0 spiro atoms. The van der Waals surface area contributed by atoms with Gasteiger partial charge in [-0.15, -0.1) is 11.3 Å². The molecule has 0 aliphatic rings. The summed E-state index contributed by atoms with van der Waals surface area (Å²) in [5.74, 6) is 0.625. The predicted octanol–water partition coefficient (Wildman–Crippen LogP) is 6.96. The third-order valence-corrected chi connectivity index (χ3v) is 6.79. The van der Waals surface area contributed by atoms with Gasteiger partial charge in [0.05, 0.1) is 15.7 Å². The van der Waals surface area contributed by atoms with E-state index in [1.165, 1.54) is 16.9 Å². The van der Waals surface area contributed by atoms with Crippen molar-refractivity contribution in [1.29, 1.82) is 0 Å². The first-order valence-corrected chi connectivity index (χ1v) is 11.0. The number of pyridine rings is 1. The molecule has 0 N–H and O–H groups in total. The van der Waals surface area contributed by atoms with Crippen molar-refractivity contribution < 1.29 is 4.39 Å². The number of hydrogen-bond acceptors (Lipinski definition) is 3. The Kier molecular flexibility index (Phi) is 4.11. The molecule has 0 amide bonds. The number of fused-ring (bicyclic) bond motifs is 4. The van der Waals surface area contributed by atoms with Crippen molar-refractivity contribution in [2.24, 2.45) is 0 Å². The van der Waals surface area contributed by atoms with E-state index in [4.69, 9.17) is 4.98 Å². The zero-order valence-electron chi connectivity index (χ0n) is 16.8. The summed E-state index contributed by atoms with van der Waals surface area (Å²) in [7, 11) is 0. The molecule has 3 aromatic carbocycles. The molecule has 0 fully saturated rings. The molecule has 0 radical (unpaired) electrons. The molecule has 3 aromatic heterocycles. The molecule has 6 rings (SSSR count). The van der Waals surface area contributed by atoms with E-state index in [1.54, 1.807) is 6.07 Å². The van der Waals surface area contributed by atoms with Crippen LogP contribution in [-0.2, 0) is 6.54 Å². The van der Waals surface area contributed by atoms with E-state index in [0.717, 1.165) is 43.0 Å². The third kappa shape index (κ3) is 2.93. The summed E-state index contributed by atoms with van der Waals surface area (Å²) in [6.07, 6.45) is 0. The maximum absolute atomic E-state index is 14.9. The van der Waals surface area contributed by atoms with E-state index in [0.29, 0.717) is 11.9 Å². The molecular weight excluding hydrogens is 405 g/mol. The van der Waals surface area contributed by atoms with Crippen LogP contribution >= 0.6 is 11.3 Å². The van der Waals surface area contributed by atoms with Gasteiger partial charge in [-0.2, -0.15) is 0 Å². The minimum atomic E-state index is -0.221. The number of aryl methyl sites for hydroxylation is 1. The first-order valence-electron chi connectivity index (χ1n) is 10.2. The maximum atomic E-state index is 14.9. The largest absolute Gasteiger partial charge is 0.319 e. The summed E-state index contributed by atoms with van der Waals surface area (Å²) in [6.45, 7) is 2.65. The van der Waals surface area contributed by atoms with Crippen molar-refractivity contribution >= 4 is 42.7 Å². The number of imidazole rings is 1. The van der Waals surface area contributed by atoms with Gasteiger partial charge in [-0.3, -0.25) is 0 Å². The second-order valence-corrected chi connectivity index (χ2v) is 8.70. The van der Waals surface area contributed by atoms with Crippen LogP contribution in [0.5, 0.6) is 0 Å². The minimum absolute atomic E-state index is 0.221. The van der Waals surface area contributed by atoms with Gasteiger partial charge in [0.2, 0.25) is 0 Å². The van der Waals surface area contributed by atoms with Crippen LogP contribution in [0.3, 0.4) is 0 Å². The Bertz CT molecular complexity index is 1580. The molecule has 0 aliphatic heterocycles. The maximum Gasteiger partial charge on any atom is 0.142 e. The Hall–Kier alpha value is -3.57. The van der Waals surface area contributed by atoms with Crippen LogP contribution in [0.15, 0.2) is 78.9 Å². The zero-order valence-corrected chi connectivity index (χ0v) is 17.7. The summed E-state index contributed by atoms with van der Waals surface area (Å²) < 4.78 is 18.1. The predicted molar refractivity (Wildman–Crippen MR) is 126 cm³/mol. The molecule has 31 heavy (non-hydrogen) atoms. The van der Waals surface area contributed by atoms with Gasteiger partial charge >= 0.3 is 0 Å². The average Bonchev–Trinajstić information content (AvgIpc) is 3.34. The lowest BCUT2D eigenvalue weighted by molar-refractivity contribution is 0.641. The SMILES string of the molecule is Cc1ccc2c(n1)sc1c(-c3nc4ccccc4n3Cc3ccccc3)ccc(F)c12. The lowest BCUT2D eigenvalue weighted by atomic mass is 10.1. The van der Waals surface area contributed by atoms with Crippen molar-refractivity contribution in [3.05, 3.63) is 95.9 Å². The van der Waals surface area contributed by atoms with Crippen LogP contribution in [0, 0.1) is 12.7 Å². The number of hydrogen-bond donors (Lipinski definition) is 0. The Morgan fingerprint density at radius 1 is 0.871 bits per heavy atom. The van der Waals surface area contributed by atoms with E-state index < -0.39 is 0 Å². The highest BCUT2D eigenvalue weighted by molar-refractivity contribution is 7.26. The Morgan fingerprint density at radius 2 is 1.68 bits per heavy atom. The highest BCUT2D eigenvalue weighted by Gasteiger charge is 2.20. The van der Waals surface area contributed by atoms with Gasteiger partial charge < -0.3 is 4.57 Å². The molecule has 150 valence electrons. The first kappa shape index (κ1) is 18.2. The molecule has 0 saturated carbocycles. The summed E-state index contributed by atoms with van der Waals surface area (Å²) in [6, 6.07) is 25.8. The van der Waals surface area contributed by atoms with Crippen molar-refractivity contribution in [2.75, 3.05) is 0 Å². The van der Waals surface area contributed by atoms with Gasteiger partial charge in [-0.05, 0) is 48.9 Å². The van der Waals surface area contributed by atoms with Gasteiger partial charge in [0.25, 0.3) is 0 Å². The van der Waals surface area contributed by atoms with Gasteiger partial charge in [-0.25, -0.2) is 14.4 Å². The molecular formula is C26H18FN3S. The van der Waals surface area contributed by atoms with Crippen molar-refractivity contribution in [2.45, 2.75) is 13.5 Å². The number of halogens is 1. The van der Waals surface area contributed by atoms with Gasteiger partial charge in [-0.1, -0.05) is 42.5 Å². The van der Waals surface area contributed by atoms with Crippen LogP contribution in [0.25, 0.3) is 42.7 Å². The second kappa shape index (κ2) is 7.00. The van der Waals surface area contributed by atoms with E-state index in [2.05, 4.69) is 27.8 Å². The lowest BCUT2D eigenvalue weighted by Crippen LogP contribution is -2.02. The van der Waals surface area contributed by atoms with Crippen molar-refractivity contribution in [3.8, 4) is 11.4 Å². The normalized spacial score (nSPS) is 11.7. The highest BCUT2D eigenvalue weighted by Crippen LogP contribution is 2.41. The number of para-hydroxylation sites is 2. The smallest absolute Gasteiger partial charge is 0.142 e. The standard InChI is InChI=1S/C26H18FN3S/c1-16-11-12-18-23-20(27)14-13-19(24(23)31-26(18)28-16)25-29-21-9-5-6-10-22(21)30(25)15-17-7-3-2-4-8-17/h2-14H,15H2,1H3. The van der Waals surface area contributed by atoms with Crippen LogP contribution in [0.2, 0.25) is 0 Å². The van der Waals surface area contributed by atoms with Crippen molar-refractivity contribution in [1.82, 2.24) is 14.5 Å². The summed E-state index contributed by atoms with van der Waals surface area (Å²) in [5, 5.41) is 1.49. The molecule has 6 aromatic rings.